The van der Waals surface area contributed by atoms with Crippen LogP contribution in [0.2, 0.25) is 0 Å². The molecule has 0 radical (unpaired) electrons. The largest absolute Gasteiger partial charge is 0.493 e. The fourth-order valence-electron chi connectivity index (χ4n) is 2.89. The van der Waals surface area contributed by atoms with Crippen LogP contribution in [-0.4, -0.2) is 6.61 Å². The third kappa shape index (κ3) is 2.62. The zero-order valence-corrected chi connectivity index (χ0v) is 11.4. The summed E-state index contributed by atoms with van der Waals surface area (Å²) in [7, 11) is 0. The standard InChI is InChI=1S/C16H16F2N2O/c17-10-5-6-14(18)13(9-10)16(20-19)12-7-8-21-15-4-2-1-3-11(12)15/h1-6,9,12,16,20H,7-8,19H2. The molecule has 0 fully saturated rings. The summed E-state index contributed by atoms with van der Waals surface area (Å²) in [4.78, 5) is 0. The Hall–Kier alpha value is -1.98. The van der Waals surface area contributed by atoms with Crippen LogP contribution in [0.25, 0.3) is 0 Å². The molecule has 0 amide bonds. The van der Waals surface area contributed by atoms with Gasteiger partial charge in [0.15, 0.2) is 0 Å². The monoisotopic (exact) mass is 290 g/mol. The lowest BCUT2D eigenvalue weighted by Gasteiger charge is -2.32. The van der Waals surface area contributed by atoms with Crippen molar-refractivity contribution in [2.45, 2.75) is 18.4 Å². The van der Waals surface area contributed by atoms with Gasteiger partial charge in [0.05, 0.1) is 12.6 Å². The van der Waals surface area contributed by atoms with Crippen molar-refractivity contribution in [3.63, 3.8) is 0 Å². The van der Waals surface area contributed by atoms with Gasteiger partial charge in [-0.15, -0.1) is 0 Å². The smallest absolute Gasteiger partial charge is 0.128 e. The number of hydrazine groups is 1. The minimum Gasteiger partial charge on any atom is -0.493 e. The van der Waals surface area contributed by atoms with E-state index in [1.807, 2.05) is 24.3 Å². The van der Waals surface area contributed by atoms with Gasteiger partial charge in [-0.25, -0.2) is 8.78 Å². The number of fused-ring (bicyclic) bond motifs is 1. The average molecular weight is 290 g/mol. The lowest BCUT2D eigenvalue weighted by Crippen LogP contribution is -2.35. The molecule has 1 aliphatic rings. The van der Waals surface area contributed by atoms with Crippen molar-refractivity contribution in [2.24, 2.45) is 5.84 Å². The van der Waals surface area contributed by atoms with Crippen LogP contribution >= 0.6 is 0 Å². The highest BCUT2D eigenvalue weighted by Gasteiger charge is 2.31. The molecular formula is C16H16F2N2O. The molecular weight excluding hydrogens is 274 g/mol. The van der Waals surface area contributed by atoms with Crippen LogP contribution in [0.1, 0.15) is 29.5 Å². The van der Waals surface area contributed by atoms with E-state index in [4.69, 9.17) is 10.6 Å². The summed E-state index contributed by atoms with van der Waals surface area (Å²) in [5, 5.41) is 0. The molecule has 0 aromatic heterocycles. The Bertz CT molecular complexity index is 648. The van der Waals surface area contributed by atoms with Gasteiger partial charge >= 0.3 is 0 Å². The van der Waals surface area contributed by atoms with E-state index in [2.05, 4.69) is 5.43 Å². The van der Waals surface area contributed by atoms with E-state index < -0.39 is 17.7 Å². The van der Waals surface area contributed by atoms with E-state index in [9.17, 15) is 8.78 Å². The fourth-order valence-corrected chi connectivity index (χ4v) is 2.89. The molecule has 0 saturated heterocycles. The Morgan fingerprint density at radius 2 is 2.00 bits per heavy atom. The van der Waals surface area contributed by atoms with Crippen molar-refractivity contribution >= 4 is 0 Å². The summed E-state index contributed by atoms with van der Waals surface area (Å²) in [5.41, 5.74) is 3.82. The van der Waals surface area contributed by atoms with E-state index >= 15 is 0 Å². The van der Waals surface area contributed by atoms with Crippen LogP contribution in [0.4, 0.5) is 8.78 Å². The number of benzene rings is 2. The van der Waals surface area contributed by atoms with Crippen molar-refractivity contribution in [3.05, 3.63) is 65.2 Å². The van der Waals surface area contributed by atoms with E-state index in [1.165, 1.54) is 6.07 Å². The van der Waals surface area contributed by atoms with Gasteiger partial charge < -0.3 is 4.74 Å². The van der Waals surface area contributed by atoms with Crippen LogP contribution in [0.3, 0.4) is 0 Å². The molecule has 5 heteroatoms. The maximum absolute atomic E-state index is 14.0. The minimum absolute atomic E-state index is 0.0729. The van der Waals surface area contributed by atoms with Gasteiger partial charge in [-0.05, 0) is 36.2 Å². The summed E-state index contributed by atoms with van der Waals surface area (Å²) in [6.07, 6.45) is 0.682. The van der Waals surface area contributed by atoms with Crippen molar-refractivity contribution in [2.75, 3.05) is 6.61 Å². The van der Waals surface area contributed by atoms with Gasteiger partial charge in [-0.1, -0.05) is 18.2 Å². The Labute approximate surface area is 121 Å². The van der Waals surface area contributed by atoms with Gasteiger partial charge in [0, 0.05) is 11.5 Å². The number of nitrogens with one attached hydrogen (secondary N) is 1. The van der Waals surface area contributed by atoms with Gasteiger partial charge in [-0.2, -0.15) is 0 Å². The first-order valence-corrected chi connectivity index (χ1v) is 6.83. The van der Waals surface area contributed by atoms with E-state index in [-0.39, 0.29) is 11.5 Å². The minimum atomic E-state index is -0.509. The highest BCUT2D eigenvalue weighted by Crippen LogP contribution is 2.41. The van der Waals surface area contributed by atoms with Crippen LogP contribution in [0.15, 0.2) is 42.5 Å². The number of hydrogen-bond donors (Lipinski definition) is 2. The number of nitrogens with two attached hydrogens (primary N) is 1. The predicted octanol–water partition coefficient (Wildman–Crippen LogP) is 3.04. The zero-order chi connectivity index (χ0) is 14.8. The predicted molar refractivity (Wildman–Crippen MR) is 75.7 cm³/mol. The molecule has 2 unspecified atom stereocenters. The van der Waals surface area contributed by atoms with Gasteiger partial charge in [-0.3, -0.25) is 11.3 Å². The fraction of sp³-hybridized carbons (Fsp3) is 0.250. The van der Waals surface area contributed by atoms with Crippen LogP contribution < -0.4 is 16.0 Å². The molecule has 1 heterocycles. The van der Waals surface area contributed by atoms with Crippen molar-refractivity contribution in [1.82, 2.24) is 5.43 Å². The highest BCUT2D eigenvalue weighted by molar-refractivity contribution is 5.40. The van der Waals surface area contributed by atoms with Gasteiger partial charge in [0.2, 0.25) is 0 Å². The molecule has 1 aliphatic heterocycles. The topological polar surface area (TPSA) is 47.3 Å². The maximum atomic E-state index is 14.0. The molecule has 2 aromatic carbocycles. The number of halogens is 2. The first kappa shape index (κ1) is 14.0. The second kappa shape index (κ2) is 5.79. The Morgan fingerprint density at radius 3 is 2.81 bits per heavy atom. The molecule has 0 spiro atoms. The number of rotatable bonds is 3. The molecule has 2 aromatic rings. The van der Waals surface area contributed by atoms with E-state index in [0.29, 0.717) is 13.0 Å². The Morgan fingerprint density at radius 1 is 1.19 bits per heavy atom. The first-order chi connectivity index (χ1) is 10.2. The Kier molecular flexibility index (Phi) is 3.86. The molecule has 0 bridgehead atoms. The van der Waals surface area contributed by atoms with Crippen molar-refractivity contribution in [3.8, 4) is 5.75 Å². The summed E-state index contributed by atoms with van der Waals surface area (Å²) >= 11 is 0. The van der Waals surface area contributed by atoms with E-state index in [1.54, 1.807) is 0 Å². The molecule has 21 heavy (non-hydrogen) atoms. The van der Waals surface area contributed by atoms with Gasteiger partial charge in [0.1, 0.15) is 17.4 Å². The second-order valence-electron chi connectivity index (χ2n) is 5.09. The normalized spacial score (nSPS) is 18.7. The lowest BCUT2D eigenvalue weighted by molar-refractivity contribution is 0.244. The molecule has 110 valence electrons. The third-order valence-corrected chi connectivity index (χ3v) is 3.88. The lowest BCUT2D eigenvalue weighted by atomic mass is 9.83. The summed E-state index contributed by atoms with van der Waals surface area (Å²) < 4.78 is 33.1. The molecule has 0 saturated carbocycles. The van der Waals surface area contributed by atoms with Gasteiger partial charge in [0.25, 0.3) is 0 Å². The molecule has 2 atom stereocenters. The third-order valence-electron chi connectivity index (χ3n) is 3.88. The van der Waals surface area contributed by atoms with E-state index in [0.717, 1.165) is 23.4 Å². The van der Waals surface area contributed by atoms with Crippen molar-refractivity contribution in [1.29, 1.82) is 0 Å². The number of ether oxygens (including phenoxy) is 1. The van der Waals surface area contributed by atoms with Crippen LogP contribution in [0.5, 0.6) is 5.75 Å². The summed E-state index contributed by atoms with van der Waals surface area (Å²) in [5.74, 6) is 5.38. The maximum Gasteiger partial charge on any atom is 0.128 e. The SMILES string of the molecule is NNC(c1cc(F)ccc1F)C1CCOc2ccccc21. The number of hydrogen-bond acceptors (Lipinski definition) is 3. The molecule has 3 rings (SSSR count). The Balaban J connectivity index is 2.03. The average Bonchev–Trinajstić information content (AvgIpc) is 2.51. The van der Waals surface area contributed by atoms with Crippen LogP contribution in [-0.2, 0) is 0 Å². The second-order valence-corrected chi connectivity index (χ2v) is 5.09. The molecule has 3 N–H and O–H groups in total. The summed E-state index contributed by atoms with van der Waals surface area (Å²) in [6, 6.07) is 10.5. The first-order valence-electron chi connectivity index (χ1n) is 6.83. The van der Waals surface area contributed by atoms with Crippen molar-refractivity contribution < 1.29 is 13.5 Å². The quantitative estimate of drug-likeness (QED) is 0.674. The molecule has 0 aliphatic carbocycles. The zero-order valence-electron chi connectivity index (χ0n) is 11.4. The number of para-hydroxylation sites is 1. The molecule has 3 nitrogen and oxygen atoms in total. The van der Waals surface area contributed by atoms with Crippen LogP contribution in [0, 0.1) is 11.6 Å². The highest BCUT2D eigenvalue weighted by atomic mass is 19.1. The summed E-state index contributed by atoms with van der Waals surface area (Å²) in [6.45, 7) is 0.525.